The molecule has 56 heavy (non-hydrogen) atoms. The number of rotatable bonds is 3. The van der Waals surface area contributed by atoms with E-state index in [0.29, 0.717) is 0 Å². The second kappa shape index (κ2) is 12.4. The lowest BCUT2D eigenvalue weighted by Gasteiger charge is -2.22. The van der Waals surface area contributed by atoms with Crippen LogP contribution in [0.3, 0.4) is 0 Å². The van der Waals surface area contributed by atoms with Gasteiger partial charge in [0, 0.05) is 31.0 Å². The highest BCUT2D eigenvalue weighted by atomic mass is 32.1. The summed E-state index contributed by atoms with van der Waals surface area (Å²) >= 11 is 1.92. The Bertz CT molecular complexity index is 3400. The highest BCUT2D eigenvalue weighted by molar-refractivity contribution is 7.26. The van der Waals surface area contributed by atoms with Crippen molar-refractivity contribution in [3.63, 3.8) is 0 Å². The summed E-state index contributed by atoms with van der Waals surface area (Å²) in [5, 5.41) is 13.0. The van der Waals surface area contributed by atoms with E-state index in [4.69, 9.17) is 0 Å². The van der Waals surface area contributed by atoms with Crippen LogP contribution in [0.1, 0.15) is 38.8 Å². The molecule has 266 valence electrons. The fourth-order valence-corrected chi connectivity index (χ4v) is 11.1. The minimum Gasteiger partial charge on any atom is -0.135 e. The summed E-state index contributed by atoms with van der Waals surface area (Å²) in [7, 11) is 0. The summed E-state index contributed by atoms with van der Waals surface area (Å²) < 4.78 is 2.73. The SMILES string of the molecule is C/C=c1/c(-c2cccc(-c3ccc4c(c3)-c3cc5c(ccc6c7ccccc7sc56)cc3C4(C)C)c2)c2ccccc2c(-c2cccc3ccccc23)/c1=C/C. The second-order valence-corrected chi connectivity index (χ2v) is 16.9. The van der Waals surface area contributed by atoms with Crippen molar-refractivity contribution in [3.05, 3.63) is 179 Å². The van der Waals surface area contributed by atoms with Gasteiger partial charge in [0.1, 0.15) is 0 Å². The lowest BCUT2D eigenvalue weighted by molar-refractivity contribution is 0.661. The van der Waals surface area contributed by atoms with Gasteiger partial charge in [0.15, 0.2) is 0 Å². The summed E-state index contributed by atoms with van der Waals surface area (Å²) in [4.78, 5) is 0. The molecule has 1 aliphatic carbocycles. The van der Waals surface area contributed by atoms with Crippen LogP contribution in [0.2, 0.25) is 0 Å². The van der Waals surface area contributed by atoms with E-state index in [0.717, 1.165) is 0 Å². The maximum absolute atomic E-state index is 2.49. The Morgan fingerprint density at radius 3 is 1.88 bits per heavy atom. The Hall–Kier alpha value is -6.28. The number of benzene rings is 9. The van der Waals surface area contributed by atoms with Crippen LogP contribution in [-0.2, 0) is 5.41 Å². The normalized spacial score (nSPS) is 14.1. The molecule has 1 heterocycles. The molecular formula is C55H40S. The number of hydrogen-bond acceptors (Lipinski definition) is 1. The van der Waals surface area contributed by atoms with Gasteiger partial charge in [-0.1, -0.05) is 153 Å². The highest BCUT2D eigenvalue weighted by Crippen LogP contribution is 2.52. The van der Waals surface area contributed by atoms with Gasteiger partial charge in [-0.05, 0) is 137 Å². The van der Waals surface area contributed by atoms with E-state index >= 15 is 0 Å². The van der Waals surface area contributed by atoms with Gasteiger partial charge >= 0.3 is 0 Å². The van der Waals surface area contributed by atoms with Crippen LogP contribution in [0.25, 0.3) is 109 Å². The van der Waals surface area contributed by atoms with Crippen molar-refractivity contribution in [2.75, 3.05) is 0 Å². The largest absolute Gasteiger partial charge is 0.135 e. The molecule has 0 bridgehead atoms. The maximum atomic E-state index is 2.49. The molecule has 0 atom stereocenters. The Morgan fingerprint density at radius 2 is 1.05 bits per heavy atom. The fraction of sp³-hybridized carbons (Fsp3) is 0.0909. The van der Waals surface area contributed by atoms with E-state index in [9.17, 15) is 0 Å². The van der Waals surface area contributed by atoms with Crippen molar-refractivity contribution in [2.45, 2.75) is 33.1 Å². The topological polar surface area (TPSA) is 0 Å². The summed E-state index contributed by atoms with van der Waals surface area (Å²) in [5.74, 6) is 0. The highest BCUT2D eigenvalue weighted by Gasteiger charge is 2.36. The summed E-state index contributed by atoms with van der Waals surface area (Å²) in [6, 6.07) is 59.3. The van der Waals surface area contributed by atoms with Crippen molar-refractivity contribution < 1.29 is 0 Å². The first kappa shape index (κ1) is 33.1. The van der Waals surface area contributed by atoms with Crippen LogP contribution in [-0.4, -0.2) is 0 Å². The van der Waals surface area contributed by atoms with Crippen LogP contribution >= 0.6 is 11.3 Å². The summed E-state index contributed by atoms with van der Waals surface area (Å²) in [6.45, 7) is 9.15. The van der Waals surface area contributed by atoms with E-state index in [-0.39, 0.29) is 5.41 Å². The first-order valence-corrected chi connectivity index (χ1v) is 20.6. The summed E-state index contributed by atoms with van der Waals surface area (Å²) in [5.41, 5.74) is 13.0. The molecule has 0 amide bonds. The van der Waals surface area contributed by atoms with E-state index in [2.05, 4.69) is 198 Å². The van der Waals surface area contributed by atoms with Gasteiger partial charge in [-0.3, -0.25) is 0 Å². The lowest BCUT2D eigenvalue weighted by atomic mass is 9.81. The maximum Gasteiger partial charge on any atom is 0.0434 e. The quantitative estimate of drug-likeness (QED) is 0.170. The van der Waals surface area contributed by atoms with E-state index < -0.39 is 0 Å². The van der Waals surface area contributed by atoms with Gasteiger partial charge in [-0.25, -0.2) is 0 Å². The van der Waals surface area contributed by atoms with E-state index in [1.807, 2.05) is 11.3 Å². The Morgan fingerprint density at radius 1 is 0.411 bits per heavy atom. The van der Waals surface area contributed by atoms with Gasteiger partial charge in [0.05, 0.1) is 0 Å². The van der Waals surface area contributed by atoms with Gasteiger partial charge in [0.2, 0.25) is 0 Å². The van der Waals surface area contributed by atoms with Gasteiger partial charge in [0.25, 0.3) is 0 Å². The predicted molar refractivity (Wildman–Crippen MR) is 245 cm³/mol. The van der Waals surface area contributed by atoms with Crippen LogP contribution in [0.5, 0.6) is 0 Å². The lowest BCUT2D eigenvalue weighted by Crippen LogP contribution is -2.29. The zero-order valence-corrected chi connectivity index (χ0v) is 32.9. The molecule has 0 saturated heterocycles. The monoisotopic (exact) mass is 732 g/mol. The Balaban J connectivity index is 1.10. The minimum absolute atomic E-state index is 0.0853. The first-order valence-electron chi connectivity index (χ1n) is 19.7. The zero-order valence-electron chi connectivity index (χ0n) is 32.1. The standard InChI is InChI=1S/C55H40S/c1-5-38-39(6-2)53(42-23-14-16-33-15-7-8-19-40(33)42)44-22-10-9-21-43(44)52(38)37-18-13-17-34(29-37)35-26-28-49-47(30-35)48-32-46-36(31-50(48)55(49,3)4)25-27-45-41-20-11-12-24-51(41)56-54(45)46/h5-32H,1-4H3/b38-5+,39-6+. The molecule has 10 aromatic rings. The fourth-order valence-electron chi connectivity index (χ4n) is 9.91. The van der Waals surface area contributed by atoms with Crippen molar-refractivity contribution in [3.8, 4) is 44.5 Å². The van der Waals surface area contributed by atoms with Crippen LogP contribution in [0.4, 0.5) is 0 Å². The molecule has 0 unspecified atom stereocenters. The molecule has 1 heteroatoms. The first-order chi connectivity index (χ1) is 27.4. The van der Waals surface area contributed by atoms with E-state index in [1.165, 1.54) is 119 Å². The molecule has 0 radical (unpaired) electrons. The molecule has 1 aromatic heterocycles. The van der Waals surface area contributed by atoms with Crippen molar-refractivity contribution >= 4 is 76.0 Å². The van der Waals surface area contributed by atoms with Gasteiger partial charge in [-0.2, -0.15) is 0 Å². The summed E-state index contributed by atoms with van der Waals surface area (Å²) in [6.07, 6.45) is 4.62. The molecular weight excluding hydrogens is 693 g/mol. The molecule has 0 nitrogen and oxygen atoms in total. The molecule has 0 N–H and O–H groups in total. The smallest absolute Gasteiger partial charge is 0.0434 e. The molecule has 0 spiro atoms. The third kappa shape index (κ3) is 4.71. The third-order valence-corrected chi connectivity index (χ3v) is 13.8. The second-order valence-electron chi connectivity index (χ2n) is 15.9. The average molecular weight is 733 g/mol. The third-order valence-electron chi connectivity index (χ3n) is 12.6. The molecule has 0 saturated carbocycles. The predicted octanol–water partition coefficient (Wildman–Crippen LogP) is 14.4. The van der Waals surface area contributed by atoms with Gasteiger partial charge in [-0.15, -0.1) is 11.3 Å². The van der Waals surface area contributed by atoms with Crippen LogP contribution in [0, 0.1) is 0 Å². The molecule has 0 fully saturated rings. The molecule has 0 aliphatic heterocycles. The zero-order chi connectivity index (χ0) is 37.7. The van der Waals surface area contributed by atoms with Crippen molar-refractivity contribution in [1.82, 2.24) is 0 Å². The Labute approximate surface area is 331 Å². The minimum atomic E-state index is -0.0853. The van der Waals surface area contributed by atoms with Crippen molar-refractivity contribution in [1.29, 1.82) is 0 Å². The van der Waals surface area contributed by atoms with Gasteiger partial charge < -0.3 is 0 Å². The number of thiophene rings is 1. The van der Waals surface area contributed by atoms with Crippen LogP contribution < -0.4 is 10.4 Å². The number of hydrogen-bond donors (Lipinski definition) is 0. The molecule has 1 aliphatic rings. The van der Waals surface area contributed by atoms with E-state index in [1.54, 1.807) is 0 Å². The Kier molecular flexibility index (Phi) is 7.31. The van der Waals surface area contributed by atoms with Crippen molar-refractivity contribution in [2.24, 2.45) is 0 Å². The number of fused-ring (bicyclic) bond motifs is 10. The average Bonchev–Trinajstić information content (AvgIpc) is 3.73. The van der Waals surface area contributed by atoms with Crippen LogP contribution in [0.15, 0.2) is 158 Å². The molecule has 9 aromatic carbocycles. The molecule has 11 rings (SSSR count).